The summed E-state index contributed by atoms with van der Waals surface area (Å²) < 4.78 is 0. The van der Waals surface area contributed by atoms with Crippen molar-refractivity contribution in [1.82, 2.24) is 9.88 Å². The predicted octanol–water partition coefficient (Wildman–Crippen LogP) is 6.62. The van der Waals surface area contributed by atoms with Crippen molar-refractivity contribution in [1.29, 1.82) is 0 Å². The van der Waals surface area contributed by atoms with Crippen LogP contribution in [0.1, 0.15) is 88.3 Å². The molecule has 1 amide bonds. The third-order valence-electron chi connectivity index (χ3n) is 6.42. The van der Waals surface area contributed by atoms with Gasteiger partial charge >= 0.3 is 0 Å². The molecule has 4 rings (SSSR count). The SMILES string of the molecule is CC(C)(C)c1ccccc1.CCC(=O)C1CCC1.Cc1ccc(C(=O)N2CC[C@H](C)C2)cn1. The van der Waals surface area contributed by atoms with Gasteiger partial charge in [-0.1, -0.05) is 71.4 Å². The highest BCUT2D eigenvalue weighted by Gasteiger charge is 2.24. The van der Waals surface area contributed by atoms with Crippen molar-refractivity contribution in [3.8, 4) is 0 Å². The van der Waals surface area contributed by atoms with Crippen LogP contribution < -0.4 is 0 Å². The molecule has 0 bridgehead atoms. The first kappa shape index (κ1) is 26.8. The molecule has 2 fully saturated rings. The maximum absolute atomic E-state index is 12.0. The molecule has 180 valence electrons. The molecule has 0 N–H and O–H groups in total. The van der Waals surface area contributed by atoms with Crippen molar-refractivity contribution in [3.63, 3.8) is 0 Å². The molecule has 1 aromatic carbocycles. The van der Waals surface area contributed by atoms with Crippen LogP contribution in [0.15, 0.2) is 48.7 Å². The Labute approximate surface area is 200 Å². The molecule has 0 spiro atoms. The Morgan fingerprint density at radius 3 is 2.06 bits per heavy atom. The summed E-state index contributed by atoms with van der Waals surface area (Å²) >= 11 is 0. The number of rotatable bonds is 3. The number of likely N-dealkylation sites (tertiary alicyclic amines) is 1. The number of hydrogen-bond donors (Lipinski definition) is 0. The van der Waals surface area contributed by atoms with Crippen LogP contribution in [-0.2, 0) is 10.2 Å². The molecule has 1 aliphatic heterocycles. The molecule has 0 radical (unpaired) electrons. The Hall–Kier alpha value is -2.49. The Balaban J connectivity index is 0.000000186. The van der Waals surface area contributed by atoms with Crippen LogP contribution in [0.25, 0.3) is 0 Å². The summed E-state index contributed by atoms with van der Waals surface area (Å²) in [6.07, 6.45) is 7.12. The van der Waals surface area contributed by atoms with E-state index in [1.165, 1.54) is 12.0 Å². The standard InChI is InChI=1S/C12H16N2O.C10H14.C7H12O/c1-9-5-6-14(8-9)12(15)11-4-3-10(2)13-7-11;1-10(2,3)9-7-5-4-6-8-9;1-2-7(8)6-4-3-5-6/h3-4,7,9H,5-6,8H2,1-2H3;4-8H,1-3H3;6H,2-5H2,1H3/t9-;;/m0../s1. The molecule has 1 aromatic heterocycles. The molecule has 2 aliphatic rings. The molecule has 1 saturated carbocycles. The van der Waals surface area contributed by atoms with Crippen LogP contribution in [0.3, 0.4) is 0 Å². The van der Waals surface area contributed by atoms with E-state index < -0.39 is 0 Å². The monoisotopic (exact) mass is 450 g/mol. The number of nitrogens with zero attached hydrogens (tertiary/aromatic N) is 2. The van der Waals surface area contributed by atoms with Crippen molar-refractivity contribution in [2.75, 3.05) is 13.1 Å². The lowest BCUT2D eigenvalue weighted by Crippen LogP contribution is -2.28. The largest absolute Gasteiger partial charge is 0.338 e. The number of ketones is 1. The molecule has 1 atom stereocenters. The van der Waals surface area contributed by atoms with Gasteiger partial charge in [-0.25, -0.2) is 0 Å². The smallest absolute Gasteiger partial charge is 0.255 e. The van der Waals surface area contributed by atoms with Gasteiger partial charge in [0, 0.05) is 37.3 Å². The van der Waals surface area contributed by atoms with Crippen LogP contribution in [0.5, 0.6) is 0 Å². The fraction of sp³-hybridized carbons (Fsp3) is 0.552. The van der Waals surface area contributed by atoms with Crippen molar-refractivity contribution in [3.05, 3.63) is 65.5 Å². The highest BCUT2D eigenvalue weighted by molar-refractivity contribution is 5.94. The van der Waals surface area contributed by atoms with E-state index in [0.29, 0.717) is 28.6 Å². The second kappa shape index (κ2) is 12.7. The lowest BCUT2D eigenvalue weighted by Gasteiger charge is -2.22. The second-order valence-corrected chi connectivity index (χ2v) is 10.4. The quantitative estimate of drug-likeness (QED) is 0.528. The zero-order valence-electron chi connectivity index (χ0n) is 21.4. The average Bonchev–Trinajstić information content (AvgIpc) is 3.20. The fourth-order valence-electron chi connectivity index (χ4n) is 3.85. The highest BCUT2D eigenvalue weighted by Crippen LogP contribution is 2.27. The van der Waals surface area contributed by atoms with Crippen LogP contribution in [0.2, 0.25) is 0 Å². The summed E-state index contributed by atoms with van der Waals surface area (Å²) in [5, 5.41) is 0. The average molecular weight is 451 g/mol. The maximum Gasteiger partial charge on any atom is 0.255 e. The van der Waals surface area contributed by atoms with Crippen LogP contribution in [0, 0.1) is 18.8 Å². The Morgan fingerprint density at radius 1 is 1.03 bits per heavy atom. The van der Waals surface area contributed by atoms with Crippen molar-refractivity contribution in [2.24, 2.45) is 11.8 Å². The van der Waals surface area contributed by atoms with Gasteiger partial charge in [-0.15, -0.1) is 0 Å². The van der Waals surface area contributed by atoms with E-state index in [2.05, 4.69) is 63.0 Å². The summed E-state index contributed by atoms with van der Waals surface area (Å²) in [6, 6.07) is 14.3. The van der Waals surface area contributed by atoms with Gasteiger partial charge in [0.2, 0.25) is 0 Å². The third kappa shape index (κ3) is 8.75. The Kier molecular flexibility index (Phi) is 10.3. The first-order chi connectivity index (χ1) is 15.6. The molecule has 4 nitrogen and oxygen atoms in total. The van der Waals surface area contributed by atoms with Crippen molar-refractivity contribution >= 4 is 11.7 Å². The molecular weight excluding hydrogens is 408 g/mol. The fourth-order valence-corrected chi connectivity index (χ4v) is 3.85. The topological polar surface area (TPSA) is 50.3 Å². The number of aryl methyl sites for hydroxylation is 1. The molecule has 1 saturated heterocycles. The summed E-state index contributed by atoms with van der Waals surface area (Å²) in [5.41, 5.74) is 3.34. The van der Waals surface area contributed by atoms with Crippen molar-refractivity contribution in [2.45, 2.75) is 79.1 Å². The number of hydrogen-bond acceptors (Lipinski definition) is 3. The van der Waals surface area contributed by atoms with Gasteiger partial charge in [-0.3, -0.25) is 14.6 Å². The summed E-state index contributed by atoms with van der Waals surface area (Å²) in [4.78, 5) is 28.8. The van der Waals surface area contributed by atoms with E-state index in [4.69, 9.17) is 0 Å². The second-order valence-electron chi connectivity index (χ2n) is 10.4. The molecule has 0 unspecified atom stereocenters. The van der Waals surface area contributed by atoms with E-state index in [-0.39, 0.29) is 5.91 Å². The van der Waals surface area contributed by atoms with Gasteiger partial charge in [0.25, 0.3) is 5.91 Å². The first-order valence-electron chi connectivity index (χ1n) is 12.4. The molecule has 1 aliphatic carbocycles. The minimum atomic E-state index is 0.117. The van der Waals surface area contributed by atoms with E-state index >= 15 is 0 Å². The van der Waals surface area contributed by atoms with E-state index in [9.17, 15) is 9.59 Å². The van der Waals surface area contributed by atoms with E-state index in [1.807, 2.05) is 30.9 Å². The predicted molar refractivity (Wildman–Crippen MR) is 136 cm³/mol. The van der Waals surface area contributed by atoms with Crippen LogP contribution >= 0.6 is 0 Å². The number of aromatic nitrogens is 1. The molecular formula is C29H42N2O2. The first-order valence-corrected chi connectivity index (χ1v) is 12.4. The number of Topliss-reactive ketones (excluding diaryl/α,β-unsaturated/α-hetero) is 1. The van der Waals surface area contributed by atoms with Gasteiger partial charge in [0.15, 0.2) is 0 Å². The lowest BCUT2D eigenvalue weighted by molar-refractivity contribution is -0.124. The zero-order chi connectivity index (χ0) is 24.4. The minimum absolute atomic E-state index is 0.117. The third-order valence-corrected chi connectivity index (χ3v) is 6.42. The molecule has 2 heterocycles. The highest BCUT2D eigenvalue weighted by atomic mass is 16.2. The molecule has 2 aromatic rings. The number of carbonyl (C=O) groups excluding carboxylic acids is 2. The summed E-state index contributed by atoms with van der Waals surface area (Å²) in [6.45, 7) is 14.5. The van der Waals surface area contributed by atoms with Gasteiger partial charge in [-0.05, 0) is 55.2 Å². The molecule has 33 heavy (non-hydrogen) atoms. The van der Waals surface area contributed by atoms with Crippen LogP contribution in [-0.4, -0.2) is 34.7 Å². The van der Waals surface area contributed by atoms with Gasteiger partial charge in [0.05, 0.1) is 5.56 Å². The van der Waals surface area contributed by atoms with Gasteiger partial charge in [0.1, 0.15) is 5.78 Å². The number of carbonyl (C=O) groups is 2. The molecule has 4 heteroatoms. The summed E-state index contributed by atoms with van der Waals surface area (Å²) in [5.74, 6) is 1.68. The number of pyridine rings is 1. The Bertz CT molecular complexity index is 865. The Morgan fingerprint density at radius 2 is 1.70 bits per heavy atom. The van der Waals surface area contributed by atoms with E-state index in [1.54, 1.807) is 6.20 Å². The maximum atomic E-state index is 12.0. The van der Waals surface area contributed by atoms with Gasteiger partial charge in [-0.2, -0.15) is 0 Å². The normalized spacial score (nSPS) is 17.8. The van der Waals surface area contributed by atoms with Crippen LogP contribution in [0.4, 0.5) is 0 Å². The minimum Gasteiger partial charge on any atom is -0.338 e. The summed E-state index contributed by atoms with van der Waals surface area (Å²) in [7, 11) is 0. The van der Waals surface area contributed by atoms with E-state index in [0.717, 1.165) is 44.5 Å². The lowest BCUT2D eigenvalue weighted by atomic mass is 9.81. The van der Waals surface area contributed by atoms with Crippen molar-refractivity contribution < 1.29 is 9.59 Å². The zero-order valence-corrected chi connectivity index (χ0v) is 21.4. The number of benzene rings is 1. The number of amides is 1. The van der Waals surface area contributed by atoms with Gasteiger partial charge < -0.3 is 4.90 Å².